The number of carbonyl (C=O) groups is 1. The summed E-state index contributed by atoms with van der Waals surface area (Å²) in [6.45, 7) is 4.19. The van der Waals surface area contributed by atoms with E-state index < -0.39 is 5.97 Å². The maximum absolute atomic E-state index is 13.7. The largest absolute Gasteiger partial charge is 0.481 e. The summed E-state index contributed by atoms with van der Waals surface area (Å²) in [6, 6.07) is 10.7. The second kappa shape index (κ2) is 7.52. The van der Waals surface area contributed by atoms with Crippen LogP contribution >= 0.6 is 0 Å². The van der Waals surface area contributed by atoms with Gasteiger partial charge in [0.05, 0.1) is 23.3 Å². The molecule has 6 rings (SSSR count). The van der Waals surface area contributed by atoms with Gasteiger partial charge in [-0.25, -0.2) is 9.37 Å². The number of nitrogens with zero attached hydrogens (tertiary/aromatic N) is 2. The van der Waals surface area contributed by atoms with E-state index in [9.17, 15) is 14.3 Å². The van der Waals surface area contributed by atoms with E-state index in [-0.39, 0.29) is 29.2 Å². The highest BCUT2D eigenvalue weighted by atomic mass is 19.1. The van der Waals surface area contributed by atoms with Crippen LogP contribution in [0.25, 0.3) is 32.8 Å². The Balaban J connectivity index is 1.43. The Kier molecular flexibility index (Phi) is 4.66. The number of pyridine rings is 1. The van der Waals surface area contributed by atoms with E-state index in [1.165, 1.54) is 12.1 Å². The number of fused-ring (bicyclic) bond motifs is 2. The summed E-state index contributed by atoms with van der Waals surface area (Å²) in [5, 5.41) is 19.3. The van der Waals surface area contributed by atoms with Gasteiger partial charge in [0.25, 0.3) is 0 Å². The number of H-pyrrole nitrogens is 1. The highest BCUT2D eigenvalue weighted by molar-refractivity contribution is 6.06. The van der Waals surface area contributed by atoms with E-state index >= 15 is 0 Å². The number of aromatic nitrogens is 3. The Bertz CT molecular complexity index is 1410. The minimum absolute atomic E-state index is 0.0274. The number of halogens is 1. The van der Waals surface area contributed by atoms with Crippen molar-refractivity contribution in [3.63, 3.8) is 0 Å². The molecule has 34 heavy (non-hydrogen) atoms. The smallest absolute Gasteiger partial charge is 0.306 e. The zero-order chi connectivity index (χ0) is 23.6. The first-order valence-corrected chi connectivity index (χ1v) is 11.8. The summed E-state index contributed by atoms with van der Waals surface area (Å²) in [5.74, 6) is -0.456. The fourth-order valence-corrected chi connectivity index (χ4v) is 5.81. The van der Waals surface area contributed by atoms with Gasteiger partial charge >= 0.3 is 5.97 Å². The standard InChI is InChI=1S/C27H26FN3O3/c1-14(2)24-23(15-3-5-18(28)6-4-15)20-7-16-13-29-31-22(16)8-21(20)25(30-24)34-19-11-27(12-19)9-17(10-27)26(32)33/h3-8,13-14,17,19H,9-12H2,1-2H3,(H,29,31)(H,32,33). The molecule has 0 saturated heterocycles. The Morgan fingerprint density at radius 2 is 1.88 bits per heavy atom. The SMILES string of the molecule is CC(C)c1nc(OC2CC3(C2)CC(C(=O)O)C3)c2cc3[nH]ncc3cc2c1-c1ccc(F)cc1. The number of aromatic amines is 1. The molecule has 2 heterocycles. The van der Waals surface area contributed by atoms with Crippen LogP contribution in [0.15, 0.2) is 42.6 Å². The third-order valence-corrected chi connectivity index (χ3v) is 7.54. The molecule has 0 aliphatic heterocycles. The fraction of sp³-hybridized carbons (Fsp3) is 0.370. The average molecular weight is 460 g/mol. The monoisotopic (exact) mass is 459 g/mol. The van der Waals surface area contributed by atoms with Gasteiger partial charge in [-0.15, -0.1) is 0 Å². The highest BCUT2D eigenvalue weighted by Crippen LogP contribution is 2.59. The van der Waals surface area contributed by atoms with Crippen LogP contribution < -0.4 is 4.74 Å². The number of hydrogen-bond acceptors (Lipinski definition) is 4. The molecule has 0 bridgehead atoms. The number of ether oxygens (including phenoxy) is 1. The van der Waals surface area contributed by atoms with Gasteiger partial charge in [-0.05, 0) is 72.2 Å². The summed E-state index contributed by atoms with van der Waals surface area (Å²) in [4.78, 5) is 16.2. The molecule has 0 unspecified atom stereocenters. The number of hydrogen-bond donors (Lipinski definition) is 2. The van der Waals surface area contributed by atoms with Gasteiger partial charge in [-0.2, -0.15) is 5.10 Å². The molecule has 2 aliphatic carbocycles. The zero-order valence-electron chi connectivity index (χ0n) is 19.1. The van der Waals surface area contributed by atoms with Crippen LogP contribution in [0.1, 0.15) is 51.1 Å². The number of benzene rings is 2. The summed E-state index contributed by atoms with van der Waals surface area (Å²) in [7, 11) is 0. The van der Waals surface area contributed by atoms with Gasteiger partial charge < -0.3 is 9.84 Å². The van der Waals surface area contributed by atoms with E-state index in [2.05, 4.69) is 30.1 Å². The van der Waals surface area contributed by atoms with Crippen LogP contribution in [0, 0.1) is 17.2 Å². The topological polar surface area (TPSA) is 88.1 Å². The van der Waals surface area contributed by atoms with Crippen molar-refractivity contribution in [3.8, 4) is 17.0 Å². The third-order valence-electron chi connectivity index (χ3n) is 7.54. The predicted octanol–water partition coefficient (Wildman–Crippen LogP) is 6.06. The Labute approximate surface area is 196 Å². The molecule has 0 amide bonds. The molecule has 2 saturated carbocycles. The van der Waals surface area contributed by atoms with Gasteiger partial charge in [0.1, 0.15) is 11.9 Å². The van der Waals surface area contributed by atoms with Gasteiger partial charge in [0, 0.05) is 16.3 Å². The van der Waals surface area contributed by atoms with Crippen LogP contribution in [0.5, 0.6) is 5.88 Å². The van der Waals surface area contributed by atoms with E-state index in [1.54, 1.807) is 18.3 Å². The molecule has 4 aromatic rings. The number of carboxylic acids is 1. The van der Waals surface area contributed by atoms with Crippen molar-refractivity contribution < 1.29 is 19.0 Å². The second-order valence-electron chi connectivity index (χ2n) is 10.3. The first kappa shape index (κ1) is 21.1. The molecule has 7 heteroatoms. The predicted molar refractivity (Wildman–Crippen MR) is 127 cm³/mol. The van der Waals surface area contributed by atoms with E-state index in [1.807, 2.05) is 6.07 Å². The van der Waals surface area contributed by atoms with Crippen molar-refractivity contribution in [2.45, 2.75) is 51.6 Å². The minimum atomic E-state index is -0.691. The highest BCUT2D eigenvalue weighted by Gasteiger charge is 2.56. The van der Waals surface area contributed by atoms with Crippen molar-refractivity contribution in [2.24, 2.45) is 11.3 Å². The molecule has 2 aromatic carbocycles. The lowest BCUT2D eigenvalue weighted by molar-refractivity contribution is -0.161. The number of nitrogens with one attached hydrogen (secondary N) is 1. The summed E-state index contributed by atoms with van der Waals surface area (Å²) >= 11 is 0. The number of carboxylic acid groups (broad SMARTS) is 1. The van der Waals surface area contributed by atoms with E-state index in [0.717, 1.165) is 64.2 Å². The molecule has 174 valence electrons. The lowest BCUT2D eigenvalue weighted by atomic mass is 9.50. The van der Waals surface area contributed by atoms with Crippen molar-refractivity contribution in [2.75, 3.05) is 0 Å². The van der Waals surface area contributed by atoms with Crippen LogP contribution in [0.4, 0.5) is 4.39 Å². The molecule has 0 atom stereocenters. The van der Waals surface area contributed by atoms with Crippen LogP contribution in [0.2, 0.25) is 0 Å². The maximum atomic E-state index is 13.7. The normalized spacial score (nSPS) is 23.9. The first-order valence-electron chi connectivity index (χ1n) is 11.8. The quantitative estimate of drug-likeness (QED) is 0.379. The molecular weight excluding hydrogens is 433 g/mol. The lowest BCUT2D eigenvalue weighted by Crippen LogP contribution is -2.53. The molecule has 6 nitrogen and oxygen atoms in total. The van der Waals surface area contributed by atoms with Gasteiger partial charge in [-0.3, -0.25) is 9.89 Å². The van der Waals surface area contributed by atoms with Crippen molar-refractivity contribution >= 4 is 27.6 Å². The van der Waals surface area contributed by atoms with E-state index in [4.69, 9.17) is 9.72 Å². The summed E-state index contributed by atoms with van der Waals surface area (Å²) in [5.41, 5.74) is 3.81. The van der Waals surface area contributed by atoms with Crippen LogP contribution in [0.3, 0.4) is 0 Å². The Morgan fingerprint density at radius 3 is 2.56 bits per heavy atom. The van der Waals surface area contributed by atoms with Crippen molar-refractivity contribution in [1.82, 2.24) is 15.2 Å². The molecule has 2 aliphatic rings. The Morgan fingerprint density at radius 1 is 1.15 bits per heavy atom. The molecule has 2 fully saturated rings. The maximum Gasteiger partial charge on any atom is 0.306 e. The van der Waals surface area contributed by atoms with E-state index in [0.29, 0.717) is 5.88 Å². The zero-order valence-corrected chi connectivity index (χ0v) is 19.1. The molecule has 2 aromatic heterocycles. The van der Waals surface area contributed by atoms with Crippen LogP contribution in [-0.4, -0.2) is 32.4 Å². The van der Waals surface area contributed by atoms with Gasteiger partial charge in [0.2, 0.25) is 5.88 Å². The second-order valence-corrected chi connectivity index (χ2v) is 10.3. The first-order chi connectivity index (χ1) is 16.3. The Hall–Kier alpha value is -3.48. The molecule has 1 spiro atoms. The lowest BCUT2D eigenvalue weighted by Gasteiger charge is -2.55. The van der Waals surface area contributed by atoms with Gasteiger partial charge in [0.15, 0.2) is 0 Å². The fourth-order valence-electron chi connectivity index (χ4n) is 5.81. The summed E-state index contributed by atoms with van der Waals surface area (Å²) < 4.78 is 20.1. The number of aliphatic carboxylic acids is 1. The summed E-state index contributed by atoms with van der Waals surface area (Å²) in [6.07, 6.45) is 5.04. The number of rotatable bonds is 5. The van der Waals surface area contributed by atoms with Crippen molar-refractivity contribution in [1.29, 1.82) is 0 Å². The third kappa shape index (κ3) is 3.33. The van der Waals surface area contributed by atoms with Crippen molar-refractivity contribution in [3.05, 3.63) is 54.1 Å². The minimum Gasteiger partial charge on any atom is -0.481 e. The molecular formula is C27H26FN3O3. The van der Waals surface area contributed by atoms with Crippen LogP contribution in [-0.2, 0) is 4.79 Å². The molecule has 0 radical (unpaired) electrons. The molecule has 2 N–H and O–H groups in total. The average Bonchev–Trinajstić information content (AvgIpc) is 3.20. The van der Waals surface area contributed by atoms with Gasteiger partial charge in [-0.1, -0.05) is 26.0 Å².